The fraction of sp³-hybridized carbons (Fsp3) is 0.494. The van der Waals surface area contributed by atoms with Crippen molar-refractivity contribution in [3.8, 4) is 0 Å². The molecular formula is C85H120N22O17S. The number of thioether (sulfide) groups is 1. The Labute approximate surface area is 727 Å². The van der Waals surface area contributed by atoms with E-state index in [-0.39, 0.29) is 89.0 Å². The number of nitrogens with one attached hydrogen (secondary N) is 19. The highest BCUT2D eigenvalue weighted by molar-refractivity contribution is 8.00. The molecule has 678 valence electrons. The standard InChI is InChI=1S/C85H120N22O17S/c1-7-10-12-28-57-74(115)103-64(39-69(111)112)79(120)102-62(37-51-40-93-55-26-17-15-23-53(51)55)78(119)99-59(25-11-8-2)76(117)98-60(30-20-34-92-85(89)90)77(118)101-63(38-52-41-94-56-27-18-16-24-54(52)56)81(122)106-70(46(4)5)82(123)105-66(72(86)113)44-125-45-68(110)97-58(29-19-33-91-84(87)88)75(116)100-61(36-48-31-32-49-21-13-14-22-50(49)35-48)80(121)107-71(47(6)9-3)83(124)104-65(43-108)73(114)95-42-67(109)96-57/h13-18,21-24,26-27,31-32,35,40-41,46-47,57-66,70-71,93-94,108H,7-12,19-20,25,28-30,33-34,36-39,42-45H2,1-6H3,(H2,86,113)(H,95,114)(H,96,109)(H,97,110)(H,98,117)(H,99,119)(H,100,116)(H,101,118)(H,102,120)(H,103,115)(H,104,124)(H,105,123)(H,106,122)(H,107,121)(H,111,112)(H4,87,88,91)(H4,89,90,92)/t47-,57-,58+,59-,60+,61-,62-,63-,64-,65-,66-,70-,71+/m0/s1. The van der Waals surface area contributed by atoms with E-state index in [0.717, 1.165) is 22.5 Å². The molecule has 27 N–H and O–H groups in total. The second-order valence-electron chi connectivity index (χ2n) is 31.4. The molecule has 3 heterocycles. The quantitative estimate of drug-likeness (QED) is 0.0167. The lowest BCUT2D eigenvalue weighted by Crippen LogP contribution is -2.61. The van der Waals surface area contributed by atoms with Gasteiger partial charge in [-0.15, -0.1) is 11.8 Å². The van der Waals surface area contributed by atoms with Gasteiger partial charge in [-0.2, -0.15) is 0 Å². The summed E-state index contributed by atoms with van der Waals surface area (Å²) in [6.45, 7) is 8.31. The molecule has 0 saturated carbocycles. The van der Waals surface area contributed by atoms with Crippen molar-refractivity contribution in [3.63, 3.8) is 0 Å². The van der Waals surface area contributed by atoms with Gasteiger partial charge < -0.3 is 117 Å². The Bertz CT molecular complexity index is 4790. The molecule has 40 heteroatoms. The van der Waals surface area contributed by atoms with E-state index in [9.17, 15) is 63.0 Å². The molecule has 4 aromatic carbocycles. The number of fused-ring (bicyclic) bond motifs is 3. The summed E-state index contributed by atoms with van der Waals surface area (Å²) in [6, 6.07) is 7.86. The number of hydrogen-bond acceptors (Lipinski definition) is 19. The number of unbranched alkanes of at least 4 members (excludes halogenated alkanes) is 3. The Hall–Kier alpha value is -12.9. The lowest BCUT2D eigenvalue weighted by Gasteiger charge is -2.29. The summed E-state index contributed by atoms with van der Waals surface area (Å²) in [4.78, 5) is 223. The zero-order chi connectivity index (χ0) is 91.4. The summed E-state index contributed by atoms with van der Waals surface area (Å²) in [7, 11) is 0. The van der Waals surface area contributed by atoms with Crippen LogP contribution in [0.2, 0.25) is 0 Å². The molecule has 14 amide bonds. The molecule has 6 aromatic rings. The third kappa shape index (κ3) is 31.4. The predicted octanol–water partition coefficient (Wildman–Crippen LogP) is -0.538. The summed E-state index contributed by atoms with van der Waals surface area (Å²) in [6.07, 6.45) is 3.52. The van der Waals surface area contributed by atoms with Crippen LogP contribution in [0, 0.1) is 22.7 Å². The van der Waals surface area contributed by atoms with Gasteiger partial charge in [0.1, 0.15) is 72.5 Å². The van der Waals surface area contributed by atoms with Crippen LogP contribution >= 0.6 is 11.8 Å². The van der Waals surface area contributed by atoms with E-state index >= 15 is 19.2 Å². The number of para-hydroxylation sites is 2. The van der Waals surface area contributed by atoms with Gasteiger partial charge in [0.2, 0.25) is 82.7 Å². The first-order valence-electron chi connectivity index (χ1n) is 42.0. The predicted molar refractivity (Wildman–Crippen MR) is 470 cm³/mol. The number of aliphatic carboxylic acids is 1. The summed E-state index contributed by atoms with van der Waals surface area (Å²) in [5.41, 5.74) is 19.9. The molecule has 1 saturated heterocycles. The number of aliphatic hydroxyl groups is 1. The Kier molecular flexibility index (Phi) is 39.7. The number of H-pyrrole nitrogens is 2. The number of carboxylic acids is 1. The fourth-order valence-electron chi connectivity index (χ4n) is 14.1. The van der Waals surface area contributed by atoms with Crippen LogP contribution in [0.3, 0.4) is 0 Å². The number of aliphatic hydroxyl groups excluding tert-OH is 1. The molecule has 0 radical (unpaired) electrons. The molecule has 1 fully saturated rings. The van der Waals surface area contributed by atoms with Gasteiger partial charge in [-0.3, -0.25) is 82.7 Å². The molecule has 1 aliphatic rings. The van der Waals surface area contributed by atoms with E-state index < -0.39 is 204 Å². The zero-order valence-corrected chi connectivity index (χ0v) is 71.9. The van der Waals surface area contributed by atoms with Crippen LogP contribution in [0.4, 0.5) is 0 Å². The van der Waals surface area contributed by atoms with E-state index in [2.05, 4.69) is 89.7 Å². The molecule has 13 atom stereocenters. The van der Waals surface area contributed by atoms with Crippen molar-refractivity contribution in [1.29, 1.82) is 10.8 Å². The number of amides is 14. The summed E-state index contributed by atoms with van der Waals surface area (Å²) in [5, 5.41) is 78.8. The van der Waals surface area contributed by atoms with Gasteiger partial charge in [-0.25, -0.2) is 0 Å². The Balaban J connectivity index is 1.28. The minimum Gasteiger partial charge on any atom is -0.481 e. The van der Waals surface area contributed by atoms with Crippen molar-refractivity contribution in [1.82, 2.24) is 89.7 Å². The van der Waals surface area contributed by atoms with Crippen LogP contribution in [0.5, 0.6) is 0 Å². The van der Waals surface area contributed by atoms with Crippen molar-refractivity contribution in [2.24, 2.45) is 29.0 Å². The van der Waals surface area contributed by atoms with Crippen molar-refractivity contribution in [2.45, 2.75) is 217 Å². The van der Waals surface area contributed by atoms with E-state index in [1.54, 1.807) is 113 Å². The summed E-state index contributed by atoms with van der Waals surface area (Å²) < 4.78 is 0. The van der Waals surface area contributed by atoms with Crippen molar-refractivity contribution < 1.29 is 82.1 Å². The van der Waals surface area contributed by atoms with Crippen LogP contribution in [-0.4, -0.2) is 231 Å². The average molecular weight is 1750 g/mol. The first-order valence-corrected chi connectivity index (χ1v) is 43.2. The largest absolute Gasteiger partial charge is 0.481 e. The molecule has 39 nitrogen and oxygen atoms in total. The number of guanidine groups is 2. The van der Waals surface area contributed by atoms with E-state index in [1.807, 2.05) is 32.0 Å². The number of aromatic nitrogens is 2. The van der Waals surface area contributed by atoms with Gasteiger partial charge in [0.05, 0.1) is 25.3 Å². The Morgan fingerprint density at radius 3 is 1.40 bits per heavy atom. The molecule has 7 rings (SSSR count). The molecule has 0 bridgehead atoms. The highest BCUT2D eigenvalue weighted by Gasteiger charge is 2.39. The number of aromatic amines is 2. The third-order valence-electron chi connectivity index (χ3n) is 21.3. The molecule has 125 heavy (non-hydrogen) atoms. The molecule has 0 aliphatic carbocycles. The van der Waals surface area contributed by atoms with Crippen molar-refractivity contribution in [3.05, 3.63) is 120 Å². The second kappa shape index (κ2) is 50.0. The minimum atomic E-state index is -1.96. The fourth-order valence-corrected chi connectivity index (χ4v) is 15.0. The lowest BCUT2D eigenvalue weighted by atomic mass is 9.96. The smallest absolute Gasteiger partial charge is 0.305 e. The van der Waals surface area contributed by atoms with Crippen LogP contribution < -0.4 is 97.0 Å². The molecule has 0 spiro atoms. The van der Waals surface area contributed by atoms with Gasteiger partial charge in [-0.05, 0) is 90.0 Å². The van der Waals surface area contributed by atoms with Crippen LogP contribution in [0.25, 0.3) is 32.6 Å². The monoisotopic (exact) mass is 1750 g/mol. The molecule has 2 aromatic heterocycles. The lowest BCUT2D eigenvalue weighted by molar-refractivity contribution is -0.141. The topological polar surface area (TPSA) is 634 Å². The Morgan fingerprint density at radius 1 is 0.464 bits per heavy atom. The van der Waals surface area contributed by atoms with E-state index in [4.69, 9.17) is 28.0 Å². The van der Waals surface area contributed by atoms with E-state index in [1.165, 1.54) is 0 Å². The number of benzene rings is 4. The number of carboxylic acid groups (broad SMARTS) is 1. The highest BCUT2D eigenvalue weighted by atomic mass is 32.2. The number of hydrogen-bond donors (Lipinski definition) is 24. The number of primary amides is 1. The minimum absolute atomic E-state index is 0.00655. The second-order valence-corrected chi connectivity index (χ2v) is 32.4. The molecule has 0 unspecified atom stereocenters. The first kappa shape index (κ1) is 99.2. The van der Waals surface area contributed by atoms with Gasteiger partial charge in [0, 0.05) is 72.3 Å². The molecule has 1 aliphatic heterocycles. The average Bonchev–Trinajstić information content (AvgIpc) is 1.69. The van der Waals surface area contributed by atoms with E-state index in [0.29, 0.717) is 70.6 Å². The van der Waals surface area contributed by atoms with Gasteiger partial charge in [0.25, 0.3) is 0 Å². The SMILES string of the molecule is CCCCC[C@@H]1NC(=O)CNC(=O)[C@H](CO)NC(=O)[C@@H]([C@@H](C)CC)NC(=O)[C@H](Cc2ccc3ccccc3c2)NC(=O)[C@@H](CCCNC(=N)N)NC(=O)CSC[C@@H](C(N)=O)NC(=O)[C@H](C(C)C)NC(=O)[C@H](Cc2c[nH]c3ccccc23)NC(=O)[C@@H](CCCNC(=N)N)NC(=O)[C@H](CCCC)NC(=O)[C@H](Cc2c[nH]c3ccccc23)NC(=O)[C@H](CC(=O)O)NC1=O. The van der Waals surface area contributed by atoms with Crippen LogP contribution in [-0.2, 0) is 91.2 Å². The summed E-state index contributed by atoms with van der Waals surface area (Å²) >= 11 is 0.826. The maximum Gasteiger partial charge on any atom is 0.305 e. The van der Waals surface area contributed by atoms with Crippen molar-refractivity contribution >= 4 is 145 Å². The number of nitrogens with two attached hydrogens (primary N) is 3. The maximum absolute atomic E-state index is 15.2. The normalized spacial score (nSPS) is 22.7. The van der Waals surface area contributed by atoms with Crippen LogP contribution in [0.15, 0.2) is 103 Å². The number of rotatable bonds is 28. The first-order chi connectivity index (χ1) is 59.7. The summed E-state index contributed by atoms with van der Waals surface area (Å²) in [5.74, 6) is -18.3. The highest BCUT2D eigenvalue weighted by Crippen LogP contribution is 2.24. The Morgan fingerprint density at radius 2 is 0.896 bits per heavy atom. The van der Waals surface area contributed by atoms with Gasteiger partial charge in [-0.1, -0.05) is 159 Å². The number of carbonyl (C=O) groups excluding carboxylic acids is 14. The van der Waals surface area contributed by atoms with Crippen LogP contribution in [0.1, 0.15) is 142 Å². The van der Waals surface area contributed by atoms with Gasteiger partial charge >= 0.3 is 5.97 Å². The zero-order valence-electron chi connectivity index (χ0n) is 71.1. The van der Waals surface area contributed by atoms with Crippen molar-refractivity contribution in [2.75, 3.05) is 37.7 Å². The third-order valence-corrected chi connectivity index (χ3v) is 22.3. The molecular weight excluding hydrogens is 1630 g/mol. The van der Waals surface area contributed by atoms with Gasteiger partial charge in [0.15, 0.2) is 11.9 Å². The number of carbonyl (C=O) groups is 15. The maximum atomic E-state index is 15.2.